The molecule has 0 saturated carbocycles. The molecule has 96 valence electrons. The largest absolute Gasteiger partial charge is 0.399 e. The molecular formula is C14H17ClN2S. The fourth-order valence-electron chi connectivity index (χ4n) is 1.91. The first kappa shape index (κ1) is 13.4. The molecule has 2 aromatic rings. The predicted octanol–water partition coefficient (Wildman–Crippen LogP) is 3.66. The highest BCUT2D eigenvalue weighted by Gasteiger charge is 2.03. The van der Waals surface area contributed by atoms with E-state index in [4.69, 9.17) is 17.3 Å². The molecule has 1 aromatic heterocycles. The average molecular weight is 281 g/mol. The third-order valence-corrected chi connectivity index (χ3v) is 3.91. The van der Waals surface area contributed by atoms with Gasteiger partial charge in [-0.2, -0.15) is 0 Å². The Kier molecular flexibility index (Phi) is 4.64. The van der Waals surface area contributed by atoms with Crippen molar-refractivity contribution in [3.63, 3.8) is 0 Å². The molecule has 0 amide bonds. The molecule has 0 saturated heterocycles. The second kappa shape index (κ2) is 6.23. The summed E-state index contributed by atoms with van der Waals surface area (Å²) in [7, 11) is 2.12. The van der Waals surface area contributed by atoms with Crippen LogP contribution >= 0.6 is 22.9 Å². The second-order valence-electron chi connectivity index (χ2n) is 4.46. The van der Waals surface area contributed by atoms with Gasteiger partial charge >= 0.3 is 0 Å². The molecule has 0 aliphatic carbocycles. The van der Waals surface area contributed by atoms with E-state index in [9.17, 15) is 0 Å². The van der Waals surface area contributed by atoms with E-state index in [2.05, 4.69) is 29.5 Å². The van der Waals surface area contributed by atoms with Crippen LogP contribution in [0, 0.1) is 0 Å². The number of halogens is 1. The van der Waals surface area contributed by atoms with Gasteiger partial charge in [-0.15, -0.1) is 11.3 Å². The number of benzene rings is 1. The molecule has 0 aliphatic rings. The van der Waals surface area contributed by atoms with Gasteiger partial charge in [-0.3, -0.25) is 0 Å². The zero-order chi connectivity index (χ0) is 13.0. The number of anilines is 1. The summed E-state index contributed by atoms with van der Waals surface area (Å²) in [5, 5.41) is 2.82. The summed E-state index contributed by atoms with van der Waals surface area (Å²) < 4.78 is 0. The Morgan fingerprint density at radius 3 is 2.83 bits per heavy atom. The van der Waals surface area contributed by atoms with Crippen molar-refractivity contribution < 1.29 is 0 Å². The normalized spacial score (nSPS) is 11.1. The van der Waals surface area contributed by atoms with Gasteiger partial charge in [0.2, 0.25) is 0 Å². The van der Waals surface area contributed by atoms with E-state index in [-0.39, 0.29) is 0 Å². The molecule has 2 N–H and O–H groups in total. The number of nitrogens with two attached hydrogens (primary N) is 1. The van der Waals surface area contributed by atoms with E-state index in [1.54, 1.807) is 6.07 Å². The highest BCUT2D eigenvalue weighted by Crippen LogP contribution is 2.18. The van der Waals surface area contributed by atoms with Crippen molar-refractivity contribution in [3.8, 4) is 0 Å². The van der Waals surface area contributed by atoms with Gasteiger partial charge in [0, 0.05) is 28.7 Å². The molecule has 2 rings (SSSR count). The van der Waals surface area contributed by atoms with Crippen LogP contribution in [0.5, 0.6) is 0 Å². The maximum Gasteiger partial charge on any atom is 0.0429 e. The first-order chi connectivity index (χ1) is 8.63. The highest BCUT2D eigenvalue weighted by molar-refractivity contribution is 7.09. The molecule has 1 aromatic carbocycles. The van der Waals surface area contributed by atoms with E-state index in [0.717, 1.165) is 30.8 Å². The Morgan fingerprint density at radius 1 is 1.33 bits per heavy atom. The Labute approximate surface area is 117 Å². The molecule has 0 fully saturated rings. The summed E-state index contributed by atoms with van der Waals surface area (Å²) in [6, 6.07) is 10.00. The Morgan fingerprint density at radius 2 is 2.17 bits per heavy atom. The van der Waals surface area contributed by atoms with Gasteiger partial charge in [-0.25, -0.2) is 0 Å². The quantitative estimate of drug-likeness (QED) is 0.847. The standard InChI is InChI=1S/C14H17ClN2S/c1-17(5-4-14-3-2-6-18-14)10-11-7-12(15)9-13(16)8-11/h2-3,6-9H,4-5,10,16H2,1H3. The van der Waals surface area contributed by atoms with Crippen LogP contribution < -0.4 is 5.73 Å². The van der Waals surface area contributed by atoms with E-state index in [0.29, 0.717) is 5.02 Å². The number of likely N-dealkylation sites (N-methyl/N-ethyl adjacent to an activating group) is 1. The topological polar surface area (TPSA) is 29.3 Å². The van der Waals surface area contributed by atoms with Crippen molar-refractivity contribution in [3.05, 3.63) is 51.2 Å². The van der Waals surface area contributed by atoms with Crippen molar-refractivity contribution in [2.45, 2.75) is 13.0 Å². The highest BCUT2D eigenvalue weighted by atomic mass is 35.5. The van der Waals surface area contributed by atoms with Crippen LogP contribution in [0.15, 0.2) is 35.7 Å². The third kappa shape index (κ3) is 4.02. The lowest BCUT2D eigenvalue weighted by Gasteiger charge is -2.16. The fraction of sp³-hybridized carbons (Fsp3) is 0.286. The van der Waals surface area contributed by atoms with Crippen molar-refractivity contribution in [2.24, 2.45) is 0 Å². The van der Waals surface area contributed by atoms with E-state index in [1.807, 2.05) is 23.5 Å². The summed E-state index contributed by atoms with van der Waals surface area (Å²) in [6.45, 7) is 1.91. The van der Waals surface area contributed by atoms with Crippen LogP contribution in [-0.2, 0) is 13.0 Å². The summed E-state index contributed by atoms with van der Waals surface area (Å²) in [4.78, 5) is 3.71. The first-order valence-corrected chi connectivity index (χ1v) is 7.15. The minimum atomic E-state index is 0.705. The number of nitrogen functional groups attached to an aromatic ring is 1. The SMILES string of the molecule is CN(CCc1cccs1)Cc1cc(N)cc(Cl)c1. The maximum atomic E-state index is 6.00. The van der Waals surface area contributed by atoms with Crippen molar-refractivity contribution >= 4 is 28.6 Å². The predicted molar refractivity (Wildman–Crippen MR) is 80.2 cm³/mol. The molecule has 0 bridgehead atoms. The molecule has 0 spiro atoms. The van der Waals surface area contributed by atoms with E-state index < -0.39 is 0 Å². The molecule has 0 atom stereocenters. The Hall–Kier alpha value is -1.03. The summed E-state index contributed by atoms with van der Waals surface area (Å²) in [5.74, 6) is 0. The van der Waals surface area contributed by atoms with Gasteiger partial charge in [-0.1, -0.05) is 17.7 Å². The van der Waals surface area contributed by atoms with Crippen LogP contribution in [0.2, 0.25) is 5.02 Å². The number of hydrogen-bond acceptors (Lipinski definition) is 3. The summed E-state index contributed by atoms with van der Waals surface area (Å²) in [5.41, 5.74) is 7.67. The van der Waals surface area contributed by atoms with Crippen LogP contribution in [-0.4, -0.2) is 18.5 Å². The lowest BCUT2D eigenvalue weighted by Crippen LogP contribution is -2.20. The van der Waals surface area contributed by atoms with Crippen molar-refractivity contribution in [1.82, 2.24) is 4.90 Å². The molecule has 0 radical (unpaired) electrons. The molecule has 0 unspecified atom stereocenters. The summed E-state index contributed by atoms with van der Waals surface area (Å²) in [6.07, 6.45) is 1.09. The van der Waals surface area contributed by atoms with Gasteiger partial charge in [0.15, 0.2) is 0 Å². The van der Waals surface area contributed by atoms with E-state index in [1.165, 1.54) is 4.88 Å². The average Bonchev–Trinajstić information content (AvgIpc) is 2.77. The molecule has 2 nitrogen and oxygen atoms in total. The Balaban J connectivity index is 1.88. The van der Waals surface area contributed by atoms with Crippen LogP contribution in [0.1, 0.15) is 10.4 Å². The van der Waals surface area contributed by atoms with Gasteiger partial charge < -0.3 is 10.6 Å². The van der Waals surface area contributed by atoms with Gasteiger partial charge in [0.1, 0.15) is 0 Å². The molecular weight excluding hydrogens is 264 g/mol. The smallest absolute Gasteiger partial charge is 0.0429 e. The Bertz CT molecular complexity index is 476. The van der Waals surface area contributed by atoms with Gasteiger partial charge in [-0.05, 0) is 48.7 Å². The zero-order valence-electron chi connectivity index (χ0n) is 10.4. The minimum absolute atomic E-state index is 0.705. The lowest BCUT2D eigenvalue weighted by atomic mass is 10.2. The number of thiophene rings is 1. The third-order valence-electron chi connectivity index (χ3n) is 2.75. The molecule has 0 aliphatic heterocycles. The van der Waals surface area contributed by atoms with Gasteiger partial charge in [0.05, 0.1) is 0 Å². The molecule has 1 heterocycles. The van der Waals surface area contributed by atoms with Gasteiger partial charge in [0.25, 0.3) is 0 Å². The second-order valence-corrected chi connectivity index (χ2v) is 5.93. The lowest BCUT2D eigenvalue weighted by molar-refractivity contribution is 0.332. The van der Waals surface area contributed by atoms with Crippen LogP contribution in [0.3, 0.4) is 0 Å². The number of rotatable bonds is 5. The zero-order valence-corrected chi connectivity index (χ0v) is 12.0. The molecule has 4 heteroatoms. The summed E-state index contributed by atoms with van der Waals surface area (Å²) >= 11 is 7.80. The molecule has 18 heavy (non-hydrogen) atoms. The van der Waals surface area contributed by atoms with Crippen molar-refractivity contribution in [1.29, 1.82) is 0 Å². The van der Waals surface area contributed by atoms with Crippen LogP contribution in [0.4, 0.5) is 5.69 Å². The first-order valence-electron chi connectivity index (χ1n) is 5.89. The monoisotopic (exact) mass is 280 g/mol. The number of hydrogen-bond donors (Lipinski definition) is 1. The fourth-order valence-corrected chi connectivity index (χ4v) is 2.88. The van der Waals surface area contributed by atoms with Crippen molar-refractivity contribution in [2.75, 3.05) is 19.3 Å². The van der Waals surface area contributed by atoms with E-state index >= 15 is 0 Å². The maximum absolute atomic E-state index is 6.00. The minimum Gasteiger partial charge on any atom is -0.399 e. The van der Waals surface area contributed by atoms with Crippen LogP contribution in [0.25, 0.3) is 0 Å². The number of nitrogens with zero attached hydrogens (tertiary/aromatic N) is 1.